The van der Waals surface area contributed by atoms with Gasteiger partial charge in [0.2, 0.25) is 0 Å². The van der Waals surface area contributed by atoms with Gasteiger partial charge in [0.15, 0.2) is 10.9 Å². The average Bonchev–Trinajstić information content (AvgIpc) is 3.01. The summed E-state index contributed by atoms with van der Waals surface area (Å²) in [5, 5.41) is 4.05. The van der Waals surface area contributed by atoms with Crippen LogP contribution in [0.3, 0.4) is 0 Å². The van der Waals surface area contributed by atoms with Crippen molar-refractivity contribution in [3.8, 4) is 5.75 Å². The van der Waals surface area contributed by atoms with Gasteiger partial charge in [-0.2, -0.15) is 0 Å². The van der Waals surface area contributed by atoms with Gasteiger partial charge in [-0.3, -0.25) is 0 Å². The highest BCUT2D eigenvalue weighted by Crippen LogP contribution is 2.34. The number of pyridine rings is 1. The maximum Gasteiger partial charge on any atom is 0.172 e. The molecule has 3 nitrogen and oxygen atoms in total. The van der Waals surface area contributed by atoms with Crippen LogP contribution in [-0.4, -0.2) is 18.1 Å². The number of ether oxygens (including phenoxy) is 1. The summed E-state index contributed by atoms with van der Waals surface area (Å²) in [5.74, 6) is 0.987. The maximum atomic E-state index is 6.18. The first kappa shape index (κ1) is 14.6. The van der Waals surface area contributed by atoms with Gasteiger partial charge in [-0.25, -0.2) is 4.98 Å². The van der Waals surface area contributed by atoms with Gasteiger partial charge >= 0.3 is 0 Å². The van der Waals surface area contributed by atoms with Crippen LogP contribution in [0.4, 0.5) is 0 Å². The third-order valence-electron chi connectivity index (χ3n) is 3.69. The van der Waals surface area contributed by atoms with Gasteiger partial charge in [0, 0.05) is 12.5 Å². The van der Waals surface area contributed by atoms with Crippen LogP contribution in [0.5, 0.6) is 5.75 Å². The van der Waals surface area contributed by atoms with Gasteiger partial charge in [-0.15, -0.1) is 0 Å². The Morgan fingerprint density at radius 3 is 2.62 bits per heavy atom. The first-order valence-corrected chi connectivity index (χ1v) is 7.74. The lowest BCUT2D eigenvalue weighted by Gasteiger charge is -2.25. The molecule has 1 aromatic carbocycles. The third-order valence-corrected chi connectivity index (χ3v) is 4.17. The number of rotatable bonds is 4. The van der Waals surface area contributed by atoms with Gasteiger partial charge < -0.3 is 10.1 Å². The molecule has 0 aliphatic carbocycles. The molecule has 0 amide bonds. The van der Waals surface area contributed by atoms with Crippen molar-refractivity contribution in [2.75, 3.05) is 13.1 Å². The van der Waals surface area contributed by atoms with Crippen molar-refractivity contribution in [1.29, 1.82) is 0 Å². The molecule has 1 aliphatic heterocycles. The van der Waals surface area contributed by atoms with E-state index in [9.17, 15) is 0 Å². The van der Waals surface area contributed by atoms with E-state index in [4.69, 9.17) is 27.9 Å². The lowest BCUT2D eigenvalue weighted by atomic mass is 9.95. The van der Waals surface area contributed by atoms with Crippen LogP contribution in [0.15, 0.2) is 42.5 Å². The molecule has 1 unspecified atom stereocenters. The van der Waals surface area contributed by atoms with E-state index < -0.39 is 0 Å². The van der Waals surface area contributed by atoms with Crippen LogP contribution < -0.4 is 10.1 Å². The van der Waals surface area contributed by atoms with E-state index in [-0.39, 0.29) is 6.10 Å². The van der Waals surface area contributed by atoms with Crippen LogP contribution in [0, 0.1) is 5.92 Å². The molecule has 2 aromatic rings. The average molecular weight is 323 g/mol. The third kappa shape index (κ3) is 3.49. The molecule has 2 atom stereocenters. The number of halogens is 2. The van der Waals surface area contributed by atoms with E-state index in [0.717, 1.165) is 25.1 Å². The monoisotopic (exact) mass is 322 g/mol. The van der Waals surface area contributed by atoms with E-state index in [1.807, 2.05) is 18.2 Å². The predicted molar refractivity (Wildman–Crippen MR) is 85.0 cm³/mol. The Labute approximate surface area is 134 Å². The summed E-state index contributed by atoms with van der Waals surface area (Å²) in [6.07, 6.45) is 1.04. The molecule has 2 heterocycles. The Morgan fingerprint density at radius 1 is 1.14 bits per heavy atom. The van der Waals surface area contributed by atoms with Crippen molar-refractivity contribution < 1.29 is 4.74 Å². The normalized spacial score (nSPS) is 19.4. The van der Waals surface area contributed by atoms with Crippen molar-refractivity contribution in [3.05, 3.63) is 58.3 Å². The maximum absolute atomic E-state index is 6.18. The Morgan fingerprint density at radius 2 is 1.95 bits per heavy atom. The highest BCUT2D eigenvalue weighted by molar-refractivity contribution is 6.33. The minimum atomic E-state index is -0.0401. The quantitative estimate of drug-likeness (QED) is 0.860. The van der Waals surface area contributed by atoms with Crippen molar-refractivity contribution in [1.82, 2.24) is 10.3 Å². The summed E-state index contributed by atoms with van der Waals surface area (Å²) in [7, 11) is 0. The standard InChI is InChI=1S/C16H16Cl2N2O/c17-14-7-6-13(16(18)20-14)21-15(12-8-9-19-10-12)11-4-2-1-3-5-11/h1-7,12,15,19H,8-10H2/t12-,15?/m1/s1. The summed E-state index contributed by atoms with van der Waals surface area (Å²) < 4.78 is 6.18. The molecular weight excluding hydrogens is 307 g/mol. The highest BCUT2D eigenvalue weighted by atomic mass is 35.5. The lowest BCUT2D eigenvalue weighted by molar-refractivity contribution is 0.144. The van der Waals surface area contributed by atoms with Gasteiger partial charge in [-0.1, -0.05) is 53.5 Å². The van der Waals surface area contributed by atoms with Gasteiger partial charge in [0.1, 0.15) is 11.3 Å². The van der Waals surface area contributed by atoms with Gasteiger partial charge in [-0.05, 0) is 30.7 Å². The molecule has 0 saturated carbocycles. The zero-order chi connectivity index (χ0) is 14.7. The second-order valence-corrected chi connectivity index (χ2v) is 5.87. The van der Waals surface area contributed by atoms with Crippen molar-refractivity contribution >= 4 is 23.2 Å². The molecule has 0 radical (unpaired) electrons. The molecule has 0 bridgehead atoms. The molecule has 21 heavy (non-hydrogen) atoms. The molecule has 3 rings (SSSR count). The molecule has 1 saturated heterocycles. The minimum Gasteiger partial charge on any atom is -0.482 e. The summed E-state index contributed by atoms with van der Waals surface area (Å²) in [5.41, 5.74) is 1.15. The Bertz CT molecular complexity index is 600. The Kier molecular flexibility index (Phi) is 4.63. The Hall–Kier alpha value is -1.29. The largest absolute Gasteiger partial charge is 0.482 e. The van der Waals surface area contributed by atoms with E-state index >= 15 is 0 Å². The minimum absolute atomic E-state index is 0.0401. The van der Waals surface area contributed by atoms with E-state index in [2.05, 4.69) is 22.4 Å². The second kappa shape index (κ2) is 6.65. The number of hydrogen-bond acceptors (Lipinski definition) is 3. The summed E-state index contributed by atoms with van der Waals surface area (Å²) in [6, 6.07) is 13.7. The topological polar surface area (TPSA) is 34.1 Å². The molecule has 0 spiro atoms. The molecule has 110 valence electrons. The van der Waals surface area contributed by atoms with Gasteiger partial charge in [0.05, 0.1) is 0 Å². The fourth-order valence-electron chi connectivity index (χ4n) is 2.64. The first-order valence-electron chi connectivity index (χ1n) is 6.98. The van der Waals surface area contributed by atoms with Crippen LogP contribution >= 0.6 is 23.2 Å². The molecule has 1 fully saturated rings. The zero-order valence-electron chi connectivity index (χ0n) is 11.4. The smallest absolute Gasteiger partial charge is 0.172 e. The van der Waals surface area contributed by atoms with Crippen LogP contribution in [0.1, 0.15) is 18.1 Å². The van der Waals surface area contributed by atoms with E-state index in [0.29, 0.717) is 22.0 Å². The summed E-state index contributed by atoms with van der Waals surface area (Å²) in [6.45, 7) is 1.96. The Balaban J connectivity index is 1.88. The predicted octanol–water partition coefficient (Wildman–Crippen LogP) is 4.12. The van der Waals surface area contributed by atoms with Crippen LogP contribution in [0.2, 0.25) is 10.3 Å². The molecular formula is C16H16Cl2N2O. The number of nitrogens with one attached hydrogen (secondary N) is 1. The van der Waals surface area contributed by atoms with Crippen molar-refractivity contribution in [2.45, 2.75) is 12.5 Å². The second-order valence-electron chi connectivity index (χ2n) is 5.12. The summed E-state index contributed by atoms with van der Waals surface area (Å²) in [4.78, 5) is 4.04. The number of nitrogens with zero attached hydrogens (tertiary/aromatic N) is 1. The van der Waals surface area contributed by atoms with Gasteiger partial charge in [0.25, 0.3) is 0 Å². The number of hydrogen-bond donors (Lipinski definition) is 1. The molecule has 1 aliphatic rings. The summed E-state index contributed by atoms with van der Waals surface area (Å²) >= 11 is 12.0. The van der Waals surface area contributed by atoms with Crippen molar-refractivity contribution in [3.63, 3.8) is 0 Å². The molecule has 1 aromatic heterocycles. The number of benzene rings is 1. The highest BCUT2D eigenvalue weighted by Gasteiger charge is 2.28. The van der Waals surface area contributed by atoms with E-state index in [1.165, 1.54) is 0 Å². The van der Waals surface area contributed by atoms with Crippen molar-refractivity contribution in [2.24, 2.45) is 5.92 Å². The zero-order valence-corrected chi connectivity index (χ0v) is 12.9. The SMILES string of the molecule is Clc1ccc(OC(c2ccccc2)[C@@H]2CCNC2)c(Cl)n1. The van der Waals surface area contributed by atoms with Crippen LogP contribution in [0.25, 0.3) is 0 Å². The van der Waals surface area contributed by atoms with Crippen LogP contribution in [-0.2, 0) is 0 Å². The first-order chi connectivity index (χ1) is 10.2. The number of aromatic nitrogens is 1. The molecule has 5 heteroatoms. The fourth-order valence-corrected chi connectivity index (χ4v) is 3.03. The lowest BCUT2D eigenvalue weighted by Crippen LogP contribution is -2.21. The fraction of sp³-hybridized carbons (Fsp3) is 0.312. The van der Waals surface area contributed by atoms with E-state index in [1.54, 1.807) is 12.1 Å². The molecule has 1 N–H and O–H groups in total.